The fraction of sp³-hybridized carbons (Fsp3) is 0.185. The molecule has 2 nitrogen and oxygen atoms in total. The molecule has 1 aliphatic carbocycles. The molecular weight excluding hydrogens is 409 g/mol. The summed E-state index contributed by atoms with van der Waals surface area (Å²) in [6.07, 6.45) is 3.09. The highest BCUT2D eigenvalue weighted by atomic mass is 19.4. The van der Waals surface area contributed by atoms with Crippen molar-refractivity contribution in [2.24, 2.45) is 0 Å². The molecule has 1 aliphatic rings. The van der Waals surface area contributed by atoms with E-state index in [-0.39, 0.29) is 0 Å². The lowest BCUT2D eigenvalue weighted by Gasteiger charge is -2.20. The van der Waals surface area contributed by atoms with Gasteiger partial charge in [-0.3, -0.25) is 9.97 Å². The van der Waals surface area contributed by atoms with Gasteiger partial charge in [0.05, 0.1) is 16.6 Å². The number of nitrogens with zero attached hydrogens (tertiary/aromatic N) is 2. The summed E-state index contributed by atoms with van der Waals surface area (Å²) in [5, 5.41) is 2.70. The van der Waals surface area contributed by atoms with Gasteiger partial charge < -0.3 is 0 Å². The molecule has 0 saturated carbocycles. The molecule has 0 aliphatic heterocycles. The minimum Gasteiger partial charge on any atom is -0.253 e. The summed E-state index contributed by atoms with van der Waals surface area (Å²) >= 11 is 0. The zero-order chi connectivity index (χ0) is 22.1. The number of aryl methyl sites for hydroxylation is 2. The summed E-state index contributed by atoms with van der Waals surface area (Å²) in [6, 6.07) is 20.1. The van der Waals surface area contributed by atoms with E-state index in [1.54, 1.807) is 36.7 Å². The van der Waals surface area contributed by atoms with Crippen molar-refractivity contribution in [3.05, 3.63) is 95.8 Å². The second-order valence-corrected chi connectivity index (χ2v) is 8.02. The molecular formula is C27H21F3N2. The zero-order valence-corrected chi connectivity index (χ0v) is 17.4. The van der Waals surface area contributed by atoms with Crippen LogP contribution in [-0.4, -0.2) is 9.97 Å². The zero-order valence-electron chi connectivity index (χ0n) is 17.4. The maximum Gasteiger partial charge on any atom is 0.417 e. The first kappa shape index (κ1) is 20.4. The molecule has 5 heteroatoms. The molecule has 0 atom stereocenters. The monoisotopic (exact) mass is 430 g/mol. The van der Waals surface area contributed by atoms with Crippen molar-refractivity contribution in [1.82, 2.24) is 9.97 Å². The summed E-state index contributed by atoms with van der Waals surface area (Å²) < 4.78 is 40.4. The maximum atomic E-state index is 13.5. The van der Waals surface area contributed by atoms with Gasteiger partial charge in [-0.25, -0.2) is 0 Å². The Labute approximate surface area is 183 Å². The summed E-state index contributed by atoms with van der Waals surface area (Å²) in [5.41, 5.74) is 3.70. The van der Waals surface area contributed by atoms with E-state index in [9.17, 15) is 13.2 Å². The Morgan fingerprint density at radius 1 is 0.625 bits per heavy atom. The van der Waals surface area contributed by atoms with E-state index >= 15 is 0 Å². The van der Waals surface area contributed by atoms with Crippen molar-refractivity contribution >= 4 is 32.6 Å². The average molecular weight is 430 g/mol. The largest absolute Gasteiger partial charge is 0.417 e. The van der Waals surface area contributed by atoms with Crippen LogP contribution in [0.2, 0.25) is 0 Å². The predicted octanol–water partition coefficient (Wildman–Crippen LogP) is 7.52. The lowest BCUT2D eigenvalue weighted by atomic mass is 9.85. The highest BCUT2D eigenvalue weighted by Gasteiger charge is 2.33. The van der Waals surface area contributed by atoms with Crippen LogP contribution in [0.5, 0.6) is 0 Å². The van der Waals surface area contributed by atoms with Crippen molar-refractivity contribution in [2.75, 3.05) is 0 Å². The van der Waals surface area contributed by atoms with Crippen molar-refractivity contribution in [3.8, 4) is 0 Å². The Bertz CT molecular complexity index is 1360. The molecule has 6 rings (SSSR count). The topological polar surface area (TPSA) is 25.8 Å². The Kier molecular flexibility index (Phi) is 5.25. The molecule has 0 spiro atoms. The van der Waals surface area contributed by atoms with Crippen molar-refractivity contribution in [2.45, 2.75) is 31.9 Å². The van der Waals surface area contributed by atoms with Gasteiger partial charge in [-0.2, -0.15) is 13.2 Å². The van der Waals surface area contributed by atoms with Gasteiger partial charge in [0, 0.05) is 12.4 Å². The SMILES string of the molecule is FC(F)(F)c1cc2c3c(ccc2c2ccccc12)CCCC3.c1ccc2nccnc2c1. The van der Waals surface area contributed by atoms with Gasteiger partial charge in [0.1, 0.15) is 0 Å². The van der Waals surface area contributed by atoms with Gasteiger partial charge in [0.2, 0.25) is 0 Å². The van der Waals surface area contributed by atoms with Crippen LogP contribution < -0.4 is 0 Å². The molecule has 0 amide bonds. The summed E-state index contributed by atoms with van der Waals surface area (Å²) in [4.78, 5) is 8.24. The van der Waals surface area contributed by atoms with Crippen LogP contribution in [0.4, 0.5) is 13.2 Å². The first-order chi connectivity index (χ1) is 15.5. The lowest BCUT2D eigenvalue weighted by Crippen LogP contribution is -2.08. The predicted molar refractivity (Wildman–Crippen MR) is 123 cm³/mol. The van der Waals surface area contributed by atoms with Gasteiger partial charge in [0.15, 0.2) is 0 Å². The molecule has 160 valence electrons. The van der Waals surface area contributed by atoms with Crippen LogP contribution in [0.25, 0.3) is 32.6 Å². The van der Waals surface area contributed by atoms with E-state index < -0.39 is 11.7 Å². The molecule has 0 bridgehead atoms. The average Bonchev–Trinajstić information content (AvgIpc) is 2.83. The Balaban J connectivity index is 0.000000180. The third kappa shape index (κ3) is 3.79. The van der Waals surface area contributed by atoms with Crippen molar-refractivity contribution in [1.29, 1.82) is 0 Å². The number of halogens is 3. The Morgan fingerprint density at radius 2 is 1.22 bits per heavy atom. The second kappa shape index (κ2) is 8.23. The van der Waals surface area contributed by atoms with Crippen molar-refractivity contribution in [3.63, 3.8) is 0 Å². The molecule has 1 aromatic heterocycles. The Morgan fingerprint density at radius 3 is 1.91 bits per heavy atom. The van der Waals surface area contributed by atoms with Gasteiger partial charge in [-0.05, 0) is 76.6 Å². The van der Waals surface area contributed by atoms with E-state index in [2.05, 4.69) is 16.0 Å². The fourth-order valence-corrected chi connectivity index (χ4v) is 4.58. The molecule has 1 heterocycles. The molecule has 32 heavy (non-hydrogen) atoms. The number of benzene rings is 4. The lowest BCUT2D eigenvalue weighted by molar-refractivity contribution is -0.136. The van der Waals surface area contributed by atoms with Crippen LogP contribution in [-0.2, 0) is 19.0 Å². The van der Waals surface area contributed by atoms with Gasteiger partial charge in [0.25, 0.3) is 0 Å². The highest BCUT2D eigenvalue weighted by Crippen LogP contribution is 2.41. The number of alkyl halides is 3. The number of hydrogen-bond donors (Lipinski definition) is 0. The Hall–Kier alpha value is -3.47. The van der Waals surface area contributed by atoms with Crippen LogP contribution in [0, 0.1) is 0 Å². The van der Waals surface area contributed by atoms with Gasteiger partial charge >= 0.3 is 6.18 Å². The van der Waals surface area contributed by atoms with E-state index in [1.165, 1.54) is 11.6 Å². The van der Waals surface area contributed by atoms with E-state index in [4.69, 9.17) is 0 Å². The number of aromatic nitrogens is 2. The number of hydrogen-bond acceptors (Lipinski definition) is 2. The minimum atomic E-state index is -4.33. The standard InChI is InChI=1S/C19H15F3.C8H6N2/c20-19(21,22)18-11-17-13-6-2-1-5-12(13)9-10-15(17)14-7-3-4-8-16(14)18;1-2-4-8-7(3-1)9-5-6-10-8/h3-4,7-11H,1-2,5-6H2;1-6H. The third-order valence-electron chi connectivity index (χ3n) is 6.05. The molecule has 0 radical (unpaired) electrons. The second-order valence-electron chi connectivity index (χ2n) is 8.02. The maximum absolute atomic E-state index is 13.5. The third-order valence-corrected chi connectivity index (χ3v) is 6.05. The van der Waals surface area contributed by atoms with E-state index in [0.29, 0.717) is 10.8 Å². The van der Waals surface area contributed by atoms with E-state index in [0.717, 1.165) is 53.1 Å². The summed E-state index contributed by atoms with van der Waals surface area (Å²) in [6.45, 7) is 0. The smallest absolute Gasteiger partial charge is 0.253 e. The van der Waals surface area contributed by atoms with Crippen LogP contribution in [0.15, 0.2) is 79.1 Å². The summed E-state index contributed by atoms with van der Waals surface area (Å²) in [7, 11) is 0. The molecule has 0 N–H and O–H groups in total. The van der Waals surface area contributed by atoms with Gasteiger partial charge in [-0.1, -0.05) is 48.5 Å². The highest BCUT2D eigenvalue weighted by molar-refractivity contribution is 6.10. The minimum absolute atomic E-state index is 0.290. The molecule has 0 unspecified atom stereocenters. The first-order valence-electron chi connectivity index (χ1n) is 10.7. The van der Waals surface area contributed by atoms with E-state index in [1.807, 2.05) is 30.3 Å². The van der Waals surface area contributed by atoms with Crippen LogP contribution >= 0.6 is 0 Å². The molecule has 5 aromatic rings. The fourth-order valence-electron chi connectivity index (χ4n) is 4.58. The summed E-state index contributed by atoms with van der Waals surface area (Å²) in [5.74, 6) is 0. The van der Waals surface area contributed by atoms with Crippen LogP contribution in [0.3, 0.4) is 0 Å². The van der Waals surface area contributed by atoms with Crippen LogP contribution in [0.1, 0.15) is 29.5 Å². The number of fused-ring (bicyclic) bond motifs is 6. The first-order valence-corrected chi connectivity index (χ1v) is 10.7. The molecule has 4 aromatic carbocycles. The van der Waals surface area contributed by atoms with Gasteiger partial charge in [-0.15, -0.1) is 0 Å². The molecule has 0 saturated heterocycles. The molecule has 0 fully saturated rings. The number of rotatable bonds is 0. The van der Waals surface area contributed by atoms with Crippen molar-refractivity contribution < 1.29 is 13.2 Å². The number of para-hydroxylation sites is 2. The quantitative estimate of drug-likeness (QED) is 0.237. The normalized spacial score (nSPS) is 13.6.